The predicted octanol–water partition coefficient (Wildman–Crippen LogP) is 3.59. The summed E-state index contributed by atoms with van der Waals surface area (Å²) in [6.45, 7) is 1.78. The van der Waals surface area contributed by atoms with E-state index < -0.39 is 5.97 Å². The number of nitrogens with two attached hydrogens (primary N) is 1. The third kappa shape index (κ3) is 3.54. The first-order valence-electron chi connectivity index (χ1n) is 8.95. The van der Waals surface area contributed by atoms with E-state index in [4.69, 9.17) is 15.6 Å². The molecule has 0 fully saturated rings. The summed E-state index contributed by atoms with van der Waals surface area (Å²) in [6.07, 6.45) is 0. The molecule has 0 unspecified atom stereocenters. The molecule has 4 aromatic rings. The van der Waals surface area contributed by atoms with Crippen LogP contribution in [0.2, 0.25) is 0 Å². The number of pyridine rings is 1. The number of para-hydroxylation sites is 1. The predicted molar refractivity (Wildman–Crippen MR) is 113 cm³/mol. The minimum Gasteiger partial charge on any atom is -0.465 e. The Bertz CT molecular complexity index is 1190. The zero-order valence-electron chi connectivity index (χ0n) is 16.0. The number of benzene rings is 2. The van der Waals surface area contributed by atoms with E-state index in [-0.39, 0.29) is 0 Å². The second-order valence-corrected chi connectivity index (χ2v) is 7.31. The van der Waals surface area contributed by atoms with Crippen LogP contribution < -0.4 is 5.84 Å². The molecule has 0 spiro atoms. The second-order valence-electron chi connectivity index (χ2n) is 6.37. The fourth-order valence-corrected chi connectivity index (χ4v) is 4.02. The molecule has 2 heterocycles. The number of esters is 1. The number of ether oxygens (including phenoxy) is 1. The highest BCUT2D eigenvalue weighted by atomic mass is 32.2. The fourth-order valence-electron chi connectivity index (χ4n) is 3.18. The monoisotopic (exact) mass is 405 g/mol. The molecular formula is C21H19N5O2S. The van der Waals surface area contributed by atoms with Crippen molar-refractivity contribution in [1.82, 2.24) is 19.9 Å². The largest absolute Gasteiger partial charge is 0.465 e. The van der Waals surface area contributed by atoms with Crippen LogP contribution in [0, 0.1) is 6.92 Å². The van der Waals surface area contributed by atoms with Gasteiger partial charge in [0.05, 0.1) is 23.9 Å². The summed E-state index contributed by atoms with van der Waals surface area (Å²) < 4.78 is 6.54. The van der Waals surface area contributed by atoms with Crippen molar-refractivity contribution in [3.8, 4) is 11.1 Å². The molecule has 2 aromatic heterocycles. The zero-order valence-corrected chi connectivity index (χ0v) is 16.8. The maximum absolute atomic E-state index is 12.8. The van der Waals surface area contributed by atoms with E-state index >= 15 is 0 Å². The number of aromatic nitrogens is 4. The Hall–Kier alpha value is -3.39. The summed E-state index contributed by atoms with van der Waals surface area (Å²) >= 11 is 1.37. The Morgan fingerprint density at radius 2 is 1.83 bits per heavy atom. The van der Waals surface area contributed by atoms with Crippen molar-refractivity contribution in [2.75, 3.05) is 13.0 Å². The van der Waals surface area contributed by atoms with Crippen molar-refractivity contribution in [2.24, 2.45) is 0 Å². The van der Waals surface area contributed by atoms with Crippen LogP contribution in [0.1, 0.15) is 21.9 Å². The first-order chi connectivity index (χ1) is 14.1. The van der Waals surface area contributed by atoms with Gasteiger partial charge < -0.3 is 10.6 Å². The van der Waals surface area contributed by atoms with Crippen LogP contribution in [0.15, 0.2) is 59.8 Å². The SMILES string of the molecule is COC(=O)c1c(CSc2nnc(C)n2N)nc2ccccc2c1-c1ccccc1. The van der Waals surface area contributed by atoms with Gasteiger partial charge in [-0.25, -0.2) is 9.47 Å². The molecule has 7 nitrogen and oxygen atoms in total. The van der Waals surface area contributed by atoms with Crippen molar-refractivity contribution >= 4 is 28.6 Å². The number of thioether (sulfide) groups is 1. The lowest BCUT2D eigenvalue weighted by Gasteiger charge is -2.16. The molecule has 0 saturated carbocycles. The molecule has 0 radical (unpaired) electrons. The van der Waals surface area contributed by atoms with Gasteiger partial charge in [0.2, 0.25) is 5.16 Å². The van der Waals surface area contributed by atoms with Gasteiger partial charge in [-0.3, -0.25) is 4.98 Å². The first kappa shape index (κ1) is 18.9. The average Bonchev–Trinajstić information content (AvgIpc) is 3.08. The highest BCUT2D eigenvalue weighted by Gasteiger charge is 2.23. The molecule has 146 valence electrons. The summed E-state index contributed by atoms with van der Waals surface area (Å²) in [5, 5.41) is 9.49. The molecule has 0 bridgehead atoms. The third-order valence-electron chi connectivity index (χ3n) is 4.59. The molecule has 0 saturated heterocycles. The van der Waals surface area contributed by atoms with Crippen LogP contribution in [-0.2, 0) is 10.5 Å². The number of nitrogen functional groups attached to an aromatic ring is 1. The number of hydrogen-bond donors (Lipinski definition) is 1. The smallest absolute Gasteiger partial charge is 0.340 e. The van der Waals surface area contributed by atoms with Gasteiger partial charge in [0.25, 0.3) is 0 Å². The third-order valence-corrected chi connectivity index (χ3v) is 5.55. The summed E-state index contributed by atoms with van der Waals surface area (Å²) in [7, 11) is 1.38. The van der Waals surface area contributed by atoms with Gasteiger partial charge in [-0.1, -0.05) is 60.3 Å². The molecule has 0 amide bonds. The Morgan fingerprint density at radius 3 is 2.52 bits per heavy atom. The molecule has 0 aliphatic carbocycles. The van der Waals surface area contributed by atoms with Gasteiger partial charge in [0.15, 0.2) is 0 Å². The lowest BCUT2D eigenvalue weighted by Crippen LogP contribution is -2.13. The summed E-state index contributed by atoms with van der Waals surface area (Å²) in [5.41, 5.74) is 3.60. The van der Waals surface area contributed by atoms with Crippen LogP contribution in [0.25, 0.3) is 22.0 Å². The zero-order chi connectivity index (χ0) is 20.4. The fraction of sp³-hybridized carbons (Fsp3) is 0.143. The minimum atomic E-state index is -0.428. The van der Waals surface area contributed by atoms with Crippen LogP contribution in [0.5, 0.6) is 0 Å². The van der Waals surface area contributed by atoms with Crippen LogP contribution >= 0.6 is 11.8 Å². The van der Waals surface area contributed by atoms with Crippen molar-refractivity contribution < 1.29 is 9.53 Å². The molecular weight excluding hydrogens is 386 g/mol. The standard InChI is InChI=1S/C21H19N5O2S/c1-13-24-25-21(26(13)22)29-12-17-19(20(27)28-2)18(14-8-4-3-5-9-14)15-10-6-7-11-16(15)23-17/h3-11H,12,22H2,1-2H3. The molecule has 4 rings (SSSR count). The lowest BCUT2D eigenvalue weighted by molar-refractivity contribution is 0.0600. The number of methoxy groups -OCH3 is 1. The Morgan fingerprint density at radius 1 is 1.10 bits per heavy atom. The molecule has 2 aromatic carbocycles. The number of carbonyl (C=O) groups is 1. The highest BCUT2D eigenvalue weighted by molar-refractivity contribution is 7.98. The Balaban J connectivity index is 1.91. The van der Waals surface area contributed by atoms with Crippen molar-refractivity contribution in [1.29, 1.82) is 0 Å². The molecule has 8 heteroatoms. The summed E-state index contributed by atoms with van der Waals surface area (Å²) in [4.78, 5) is 17.6. The summed E-state index contributed by atoms with van der Waals surface area (Å²) in [6, 6.07) is 17.6. The van der Waals surface area contributed by atoms with E-state index in [1.807, 2.05) is 54.6 Å². The molecule has 2 N–H and O–H groups in total. The molecule has 29 heavy (non-hydrogen) atoms. The first-order valence-corrected chi connectivity index (χ1v) is 9.94. The van der Waals surface area contributed by atoms with E-state index in [1.54, 1.807) is 6.92 Å². The minimum absolute atomic E-state index is 0.393. The number of rotatable bonds is 5. The van der Waals surface area contributed by atoms with Gasteiger partial charge in [-0.15, -0.1) is 10.2 Å². The highest BCUT2D eigenvalue weighted by Crippen LogP contribution is 2.35. The second kappa shape index (κ2) is 7.92. The molecule has 0 atom stereocenters. The molecule has 0 aliphatic rings. The van der Waals surface area contributed by atoms with Crippen molar-refractivity contribution in [3.05, 3.63) is 71.7 Å². The van der Waals surface area contributed by atoms with E-state index in [9.17, 15) is 4.79 Å². The maximum Gasteiger partial charge on any atom is 0.340 e. The Labute approximate surface area is 171 Å². The van der Waals surface area contributed by atoms with E-state index in [2.05, 4.69) is 10.2 Å². The molecule has 0 aliphatic heterocycles. The summed E-state index contributed by atoms with van der Waals surface area (Å²) in [5.74, 6) is 6.54. The Kier molecular flexibility index (Phi) is 5.18. The van der Waals surface area contributed by atoms with E-state index in [1.165, 1.54) is 23.5 Å². The maximum atomic E-state index is 12.8. The lowest BCUT2D eigenvalue weighted by atomic mass is 9.94. The van der Waals surface area contributed by atoms with E-state index in [0.717, 1.165) is 22.0 Å². The number of fused-ring (bicyclic) bond motifs is 1. The van der Waals surface area contributed by atoms with Crippen LogP contribution in [0.3, 0.4) is 0 Å². The van der Waals surface area contributed by atoms with Gasteiger partial charge >= 0.3 is 5.97 Å². The van der Waals surface area contributed by atoms with E-state index in [0.29, 0.717) is 28.0 Å². The van der Waals surface area contributed by atoms with Crippen LogP contribution in [0.4, 0.5) is 0 Å². The van der Waals surface area contributed by atoms with Crippen molar-refractivity contribution in [2.45, 2.75) is 17.8 Å². The number of aryl methyl sites for hydroxylation is 1. The number of carbonyl (C=O) groups excluding carboxylic acids is 1. The van der Waals surface area contributed by atoms with Gasteiger partial charge in [-0.2, -0.15) is 0 Å². The van der Waals surface area contributed by atoms with Gasteiger partial charge in [0, 0.05) is 16.7 Å². The number of nitrogens with zero attached hydrogens (tertiary/aromatic N) is 4. The quantitative estimate of drug-likeness (QED) is 0.308. The van der Waals surface area contributed by atoms with Crippen molar-refractivity contribution in [3.63, 3.8) is 0 Å². The van der Waals surface area contributed by atoms with Gasteiger partial charge in [-0.05, 0) is 18.6 Å². The van der Waals surface area contributed by atoms with Crippen LogP contribution in [-0.4, -0.2) is 32.9 Å². The normalized spacial score (nSPS) is 11.0. The number of hydrogen-bond acceptors (Lipinski definition) is 7. The average molecular weight is 405 g/mol. The van der Waals surface area contributed by atoms with Gasteiger partial charge in [0.1, 0.15) is 5.82 Å². The topological polar surface area (TPSA) is 95.9 Å².